The Hall–Kier alpha value is -0.0400. The van der Waals surface area contributed by atoms with Gasteiger partial charge >= 0.3 is 0 Å². The number of hydrogen-bond acceptors (Lipinski definition) is 1. The van der Waals surface area contributed by atoms with Crippen LogP contribution in [-0.4, -0.2) is 12.6 Å². The summed E-state index contributed by atoms with van der Waals surface area (Å²) in [6.45, 7) is 1.26. The molecule has 2 aliphatic rings. The largest absolute Gasteiger partial charge is 0.314 e. The van der Waals surface area contributed by atoms with Gasteiger partial charge in [-0.1, -0.05) is 0 Å². The van der Waals surface area contributed by atoms with Crippen LogP contribution in [0.5, 0.6) is 0 Å². The van der Waals surface area contributed by atoms with Gasteiger partial charge in [-0.25, -0.2) is 0 Å². The fourth-order valence-corrected chi connectivity index (χ4v) is 1.88. The van der Waals surface area contributed by atoms with Gasteiger partial charge in [0.25, 0.3) is 0 Å². The first-order chi connectivity index (χ1) is 3.97. The summed E-state index contributed by atoms with van der Waals surface area (Å²) in [5.41, 5.74) is 0. The lowest BCUT2D eigenvalue weighted by Gasteiger charge is -2.05. The van der Waals surface area contributed by atoms with Crippen molar-refractivity contribution in [3.63, 3.8) is 0 Å². The predicted octanol–water partition coefficient (Wildman–Crippen LogP) is 0.963. The third-order valence-corrected chi connectivity index (χ3v) is 2.35. The van der Waals surface area contributed by atoms with E-state index in [2.05, 4.69) is 11.7 Å². The van der Waals surface area contributed by atoms with E-state index < -0.39 is 0 Å². The van der Waals surface area contributed by atoms with Gasteiger partial charge in [0.15, 0.2) is 0 Å². The molecule has 1 N–H and O–H groups in total. The van der Waals surface area contributed by atoms with E-state index in [-0.39, 0.29) is 0 Å². The Bertz CT molecular complexity index is 70.4. The maximum atomic E-state index is 3.49. The van der Waals surface area contributed by atoms with Crippen LogP contribution >= 0.6 is 0 Å². The summed E-state index contributed by atoms with van der Waals surface area (Å²) in [5.74, 6) is 0.940. The molecule has 1 heterocycles. The highest BCUT2D eigenvalue weighted by Crippen LogP contribution is 2.30. The molecule has 2 atom stereocenters. The Morgan fingerprint density at radius 3 is 3.25 bits per heavy atom. The first-order valence-corrected chi connectivity index (χ1v) is 3.53. The molecule has 1 saturated heterocycles. The maximum Gasteiger partial charge on any atom is 0.00986 e. The number of nitrogens with one attached hydrogen (secondary N) is 1. The highest BCUT2D eigenvalue weighted by molar-refractivity contribution is 4.98. The molecule has 1 saturated carbocycles. The molecule has 1 heteroatoms. The second-order valence-electron chi connectivity index (χ2n) is 2.83. The molecule has 1 nitrogen and oxygen atoms in total. The molecule has 1 aliphatic carbocycles. The summed E-state index contributed by atoms with van der Waals surface area (Å²) in [6.07, 6.45) is 6.61. The van der Waals surface area contributed by atoms with Crippen molar-refractivity contribution in [2.24, 2.45) is 5.92 Å². The lowest BCUT2D eigenvalue weighted by molar-refractivity contribution is 0.554. The number of rotatable bonds is 0. The van der Waals surface area contributed by atoms with E-state index in [9.17, 15) is 0 Å². The van der Waals surface area contributed by atoms with E-state index in [1.807, 2.05) is 0 Å². The van der Waals surface area contributed by atoms with Crippen molar-refractivity contribution in [2.75, 3.05) is 6.54 Å². The van der Waals surface area contributed by atoms with Crippen LogP contribution in [0, 0.1) is 12.3 Å². The minimum Gasteiger partial charge on any atom is -0.314 e. The van der Waals surface area contributed by atoms with Gasteiger partial charge in [0, 0.05) is 6.04 Å². The van der Waals surface area contributed by atoms with Gasteiger partial charge in [0.1, 0.15) is 0 Å². The van der Waals surface area contributed by atoms with E-state index >= 15 is 0 Å². The zero-order valence-electron chi connectivity index (χ0n) is 5.06. The first-order valence-electron chi connectivity index (χ1n) is 3.53. The molecule has 1 aliphatic heterocycles. The smallest absolute Gasteiger partial charge is 0.00986 e. The normalized spacial score (nSPS) is 45.0. The Labute approximate surface area is 50.5 Å². The van der Waals surface area contributed by atoms with Crippen molar-refractivity contribution in [3.05, 3.63) is 6.42 Å². The molecule has 0 aromatic rings. The van der Waals surface area contributed by atoms with Crippen molar-refractivity contribution in [1.82, 2.24) is 5.32 Å². The van der Waals surface area contributed by atoms with Crippen LogP contribution in [0.25, 0.3) is 0 Å². The Morgan fingerprint density at radius 2 is 2.38 bits per heavy atom. The molecule has 2 rings (SSSR count). The van der Waals surface area contributed by atoms with Crippen molar-refractivity contribution in [2.45, 2.75) is 25.3 Å². The third-order valence-electron chi connectivity index (χ3n) is 2.35. The van der Waals surface area contributed by atoms with Gasteiger partial charge in [0.2, 0.25) is 0 Å². The molecule has 2 unspecified atom stereocenters. The van der Waals surface area contributed by atoms with Gasteiger partial charge in [-0.2, -0.15) is 0 Å². The summed E-state index contributed by atoms with van der Waals surface area (Å²) in [4.78, 5) is 0. The SMILES string of the molecule is [CH]1CCC2NCCC12. The fraction of sp³-hybridized carbons (Fsp3) is 0.857. The van der Waals surface area contributed by atoms with E-state index in [4.69, 9.17) is 0 Å². The quantitative estimate of drug-likeness (QED) is 0.490. The fourth-order valence-electron chi connectivity index (χ4n) is 1.88. The predicted molar refractivity (Wildman–Crippen MR) is 33.4 cm³/mol. The minimum atomic E-state index is 0.870. The zero-order chi connectivity index (χ0) is 5.40. The van der Waals surface area contributed by atoms with Gasteiger partial charge in [-0.3, -0.25) is 0 Å². The van der Waals surface area contributed by atoms with Gasteiger partial charge < -0.3 is 5.32 Å². The van der Waals surface area contributed by atoms with Gasteiger partial charge in [-0.15, -0.1) is 0 Å². The molecular weight excluding hydrogens is 98.1 g/mol. The summed E-state index contributed by atoms with van der Waals surface area (Å²) < 4.78 is 0. The highest BCUT2D eigenvalue weighted by atomic mass is 15.0. The molecule has 0 bridgehead atoms. The molecule has 8 heavy (non-hydrogen) atoms. The third kappa shape index (κ3) is 0.576. The van der Waals surface area contributed by atoms with Crippen molar-refractivity contribution in [3.8, 4) is 0 Å². The van der Waals surface area contributed by atoms with E-state index in [0.29, 0.717) is 0 Å². The van der Waals surface area contributed by atoms with Crippen LogP contribution in [0.3, 0.4) is 0 Å². The Balaban J connectivity index is 2.04. The van der Waals surface area contributed by atoms with Crippen LogP contribution < -0.4 is 5.32 Å². The second-order valence-corrected chi connectivity index (χ2v) is 2.83. The number of fused-ring (bicyclic) bond motifs is 1. The topological polar surface area (TPSA) is 12.0 Å². The summed E-state index contributed by atoms with van der Waals surface area (Å²) in [5, 5.41) is 3.49. The van der Waals surface area contributed by atoms with Crippen molar-refractivity contribution < 1.29 is 0 Å². The summed E-state index contributed by atoms with van der Waals surface area (Å²) in [6, 6.07) is 0.870. The highest BCUT2D eigenvalue weighted by Gasteiger charge is 2.30. The van der Waals surface area contributed by atoms with E-state index in [0.717, 1.165) is 12.0 Å². The average Bonchev–Trinajstić information content (AvgIpc) is 2.15. The standard InChI is InChI=1S/C7H12N/c1-2-6-4-5-8-7(6)3-1/h2,6-8H,1,3-5H2. The number of hydrogen-bond donors (Lipinski definition) is 1. The van der Waals surface area contributed by atoms with Crippen LogP contribution in [-0.2, 0) is 0 Å². The Morgan fingerprint density at radius 1 is 1.38 bits per heavy atom. The maximum absolute atomic E-state index is 3.49. The first kappa shape index (κ1) is 4.80. The van der Waals surface area contributed by atoms with Crippen LogP contribution in [0.15, 0.2) is 0 Å². The molecule has 0 spiro atoms. The van der Waals surface area contributed by atoms with Crippen LogP contribution in [0.4, 0.5) is 0 Å². The molecular formula is C7H12N. The molecule has 0 aromatic heterocycles. The monoisotopic (exact) mass is 110 g/mol. The molecule has 45 valence electrons. The lowest BCUT2D eigenvalue weighted by atomic mass is 10.1. The summed E-state index contributed by atoms with van der Waals surface area (Å²) >= 11 is 0. The van der Waals surface area contributed by atoms with E-state index in [1.54, 1.807) is 0 Å². The van der Waals surface area contributed by atoms with Crippen molar-refractivity contribution in [1.29, 1.82) is 0 Å². The molecule has 0 aromatic carbocycles. The second kappa shape index (κ2) is 1.73. The molecule has 1 radical (unpaired) electrons. The van der Waals surface area contributed by atoms with Gasteiger partial charge in [-0.05, 0) is 38.1 Å². The average molecular weight is 110 g/mol. The minimum absolute atomic E-state index is 0.870. The summed E-state index contributed by atoms with van der Waals surface area (Å²) in [7, 11) is 0. The van der Waals surface area contributed by atoms with Gasteiger partial charge in [0.05, 0.1) is 0 Å². The van der Waals surface area contributed by atoms with Crippen LogP contribution in [0.2, 0.25) is 0 Å². The van der Waals surface area contributed by atoms with E-state index in [1.165, 1.54) is 25.8 Å². The Kier molecular flexibility index (Phi) is 1.04. The lowest BCUT2D eigenvalue weighted by Crippen LogP contribution is -2.21. The van der Waals surface area contributed by atoms with Crippen molar-refractivity contribution >= 4 is 0 Å². The zero-order valence-corrected chi connectivity index (χ0v) is 5.06. The van der Waals surface area contributed by atoms with Crippen LogP contribution in [0.1, 0.15) is 19.3 Å². The molecule has 0 amide bonds. The molecule has 2 fully saturated rings.